The van der Waals surface area contributed by atoms with E-state index in [9.17, 15) is 0 Å². The summed E-state index contributed by atoms with van der Waals surface area (Å²) in [5.41, 5.74) is 2.54. The van der Waals surface area contributed by atoms with Crippen LogP contribution in [0.3, 0.4) is 0 Å². The Labute approximate surface area is 115 Å². The lowest BCUT2D eigenvalue weighted by Gasteiger charge is -2.37. The third kappa shape index (κ3) is 3.10. The molecule has 2 atom stereocenters. The lowest BCUT2D eigenvalue weighted by molar-refractivity contribution is -0.0539. The molecule has 1 aromatic rings. The van der Waals surface area contributed by atoms with Gasteiger partial charge in [0.2, 0.25) is 0 Å². The van der Waals surface area contributed by atoms with E-state index in [0.29, 0.717) is 12.1 Å². The molecule has 3 heteroatoms. The average molecular weight is 260 g/mol. The number of nitrogens with one attached hydrogen (secondary N) is 1. The number of benzene rings is 1. The van der Waals surface area contributed by atoms with Gasteiger partial charge in [0.1, 0.15) is 0 Å². The second kappa shape index (κ2) is 5.93. The second-order valence-corrected chi connectivity index (χ2v) is 5.74. The summed E-state index contributed by atoms with van der Waals surface area (Å²) >= 11 is 0. The molecule has 1 saturated heterocycles. The number of anilines is 1. The molecule has 2 unspecified atom stereocenters. The number of nitrogens with zero attached hydrogens (tertiary/aromatic N) is 1. The number of rotatable bonds is 4. The fourth-order valence-corrected chi connectivity index (χ4v) is 3.38. The van der Waals surface area contributed by atoms with Gasteiger partial charge in [-0.3, -0.25) is 4.90 Å². The van der Waals surface area contributed by atoms with Crippen LogP contribution in [-0.4, -0.2) is 43.3 Å². The van der Waals surface area contributed by atoms with Crippen LogP contribution >= 0.6 is 0 Å². The zero-order valence-corrected chi connectivity index (χ0v) is 11.8. The lowest BCUT2D eigenvalue weighted by Crippen LogP contribution is -2.49. The highest BCUT2D eigenvalue weighted by Gasteiger charge is 2.35. The first kappa shape index (κ1) is 12.9. The summed E-state index contributed by atoms with van der Waals surface area (Å²) in [6.45, 7) is 6.28. The van der Waals surface area contributed by atoms with Crippen LogP contribution in [-0.2, 0) is 4.74 Å². The van der Waals surface area contributed by atoms with Crippen molar-refractivity contribution >= 4 is 5.69 Å². The highest BCUT2D eigenvalue weighted by Crippen LogP contribution is 2.29. The van der Waals surface area contributed by atoms with E-state index >= 15 is 0 Å². The Balaban J connectivity index is 1.49. The van der Waals surface area contributed by atoms with Crippen LogP contribution < -0.4 is 5.32 Å². The van der Waals surface area contributed by atoms with E-state index in [4.69, 9.17) is 4.74 Å². The summed E-state index contributed by atoms with van der Waals surface area (Å²) in [6.07, 6.45) is 4.41. The molecular weight excluding hydrogens is 236 g/mol. The maximum Gasteiger partial charge on any atom is 0.0730 e. The smallest absolute Gasteiger partial charge is 0.0730 e. The normalized spacial score (nSPS) is 27.2. The summed E-state index contributed by atoms with van der Waals surface area (Å²) in [7, 11) is 0. The van der Waals surface area contributed by atoms with Crippen LogP contribution in [0.25, 0.3) is 0 Å². The predicted octanol–water partition coefficient (Wildman–Crippen LogP) is 2.66. The first-order valence-electron chi connectivity index (χ1n) is 7.49. The average Bonchev–Trinajstić information content (AvgIpc) is 2.88. The van der Waals surface area contributed by atoms with Gasteiger partial charge in [-0.15, -0.1) is 0 Å². The van der Waals surface area contributed by atoms with Crippen LogP contribution in [0.2, 0.25) is 0 Å². The van der Waals surface area contributed by atoms with Crippen molar-refractivity contribution in [2.75, 3.05) is 31.6 Å². The van der Waals surface area contributed by atoms with Gasteiger partial charge in [-0.05, 0) is 43.9 Å². The Kier molecular flexibility index (Phi) is 4.04. The number of aryl methyl sites for hydroxylation is 1. The van der Waals surface area contributed by atoms with Crippen molar-refractivity contribution < 1.29 is 4.74 Å². The first-order chi connectivity index (χ1) is 9.33. The van der Waals surface area contributed by atoms with Crippen molar-refractivity contribution in [3.8, 4) is 0 Å². The monoisotopic (exact) mass is 260 g/mol. The minimum atomic E-state index is 0.507. The standard InChI is InChI=1S/C16H24N2O/c1-13-4-2-5-14(12-13)17-8-9-18-10-11-19-16-7-3-6-15(16)18/h2,4-5,12,15-17H,3,6-11H2,1H3. The molecule has 0 aromatic heterocycles. The van der Waals surface area contributed by atoms with Crippen molar-refractivity contribution in [2.45, 2.75) is 38.3 Å². The van der Waals surface area contributed by atoms with E-state index in [1.54, 1.807) is 0 Å². The molecule has 0 amide bonds. The zero-order chi connectivity index (χ0) is 13.1. The lowest BCUT2D eigenvalue weighted by atomic mass is 10.1. The van der Waals surface area contributed by atoms with Crippen molar-refractivity contribution in [1.82, 2.24) is 4.90 Å². The third-order valence-electron chi connectivity index (χ3n) is 4.34. The summed E-state index contributed by atoms with van der Waals surface area (Å²) < 4.78 is 5.85. The van der Waals surface area contributed by atoms with Gasteiger partial charge in [-0.2, -0.15) is 0 Å². The number of hydrogen-bond acceptors (Lipinski definition) is 3. The van der Waals surface area contributed by atoms with Crippen LogP contribution in [0.1, 0.15) is 24.8 Å². The molecule has 1 aromatic carbocycles. The molecule has 1 aliphatic heterocycles. The Morgan fingerprint density at radius 1 is 1.37 bits per heavy atom. The fourth-order valence-electron chi connectivity index (χ4n) is 3.38. The van der Waals surface area contributed by atoms with E-state index in [1.807, 2.05) is 0 Å². The van der Waals surface area contributed by atoms with E-state index < -0.39 is 0 Å². The highest BCUT2D eigenvalue weighted by atomic mass is 16.5. The molecule has 19 heavy (non-hydrogen) atoms. The van der Waals surface area contributed by atoms with E-state index in [0.717, 1.165) is 26.2 Å². The first-order valence-corrected chi connectivity index (χ1v) is 7.49. The molecule has 3 nitrogen and oxygen atoms in total. The van der Waals surface area contributed by atoms with Crippen molar-refractivity contribution in [3.05, 3.63) is 29.8 Å². The molecule has 1 saturated carbocycles. The molecule has 1 aliphatic carbocycles. The molecule has 1 heterocycles. The Bertz CT molecular complexity index is 421. The molecule has 2 fully saturated rings. The topological polar surface area (TPSA) is 24.5 Å². The summed E-state index contributed by atoms with van der Waals surface area (Å²) in [5.74, 6) is 0. The molecule has 2 aliphatic rings. The fraction of sp³-hybridized carbons (Fsp3) is 0.625. The number of hydrogen-bond donors (Lipinski definition) is 1. The number of ether oxygens (including phenoxy) is 1. The van der Waals surface area contributed by atoms with E-state index in [-0.39, 0.29) is 0 Å². The molecule has 0 radical (unpaired) electrons. The van der Waals surface area contributed by atoms with Crippen LogP contribution in [0.4, 0.5) is 5.69 Å². The molecule has 0 spiro atoms. The minimum absolute atomic E-state index is 0.507. The SMILES string of the molecule is Cc1cccc(NCCN2CCOC3CCCC32)c1. The molecular formula is C16H24N2O. The van der Waals surface area contributed by atoms with Crippen molar-refractivity contribution in [1.29, 1.82) is 0 Å². The second-order valence-electron chi connectivity index (χ2n) is 5.74. The van der Waals surface area contributed by atoms with Crippen LogP contribution in [0.5, 0.6) is 0 Å². The quantitative estimate of drug-likeness (QED) is 0.900. The third-order valence-corrected chi connectivity index (χ3v) is 4.34. The van der Waals surface area contributed by atoms with Gasteiger partial charge in [0.25, 0.3) is 0 Å². The molecule has 1 N–H and O–H groups in total. The maximum absolute atomic E-state index is 5.85. The Morgan fingerprint density at radius 3 is 3.21 bits per heavy atom. The van der Waals surface area contributed by atoms with Crippen molar-refractivity contribution in [3.63, 3.8) is 0 Å². The van der Waals surface area contributed by atoms with Crippen LogP contribution in [0, 0.1) is 6.92 Å². The summed E-state index contributed by atoms with van der Waals surface area (Å²) in [5, 5.41) is 3.53. The molecule has 3 rings (SSSR count). The zero-order valence-electron chi connectivity index (χ0n) is 11.8. The van der Waals surface area contributed by atoms with E-state index in [2.05, 4.69) is 41.4 Å². The van der Waals surface area contributed by atoms with Gasteiger partial charge in [-0.1, -0.05) is 12.1 Å². The Morgan fingerprint density at radius 2 is 2.32 bits per heavy atom. The van der Waals surface area contributed by atoms with E-state index in [1.165, 1.54) is 30.5 Å². The largest absolute Gasteiger partial charge is 0.384 e. The summed E-state index contributed by atoms with van der Waals surface area (Å²) in [6, 6.07) is 9.27. The maximum atomic E-state index is 5.85. The van der Waals surface area contributed by atoms with Gasteiger partial charge in [0.15, 0.2) is 0 Å². The van der Waals surface area contributed by atoms with Crippen molar-refractivity contribution in [2.24, 2.45) is 0 Å². The predicted molar refractivity (Wildman–Crippen MR) is 78.6 cm³/mol. The van der Waals surface area contributed by atoms with Gasteiger partial charge >= 0.3 is 0 Å². The van der Waals surface area contributed by atoms with Gasteiger partial charge < -0.3 is 10.1 Å². The van der Waals surface area contributed by atoms with Gasteiger partial charge in [0, 0.05) is 31.4 Å². The molecule has 0 bridgehead atoms. The molecule has 104 valence electrons. The number of fused-ring (bicyclic) bond motifs is 1. The number of morpholine rings is 1. The highest BCUT2D eigenvalue weighted by molar-refractivity contribution is 5.45. The van der Waals surface area contributed by atoms with Gasteiger partial charge in [0.05, 0.1) is 12.7 Å². The minimum Gasteiger partial charge on any atom is -0.384 e. The van der Waals surface area contributed by atoms with Gasteiger partial charge in [-0.25, -0.2) is 0 Å². The van der Waals surface area contributed by atoms with Crippen LogP contribution in [0.15, 0.2) is 24.3 Å². The summed E-state index contributed by atoms with van der Waals surface area (Å²) in [4.78, 5) is 2.62. The Hall–Kier alpha value is -1.06.